The van der Waals surface area contributed by atoms with Crippen molar-refractivity contribution < 1.29 is 9.53 Å². The third-order valence-corrected chi connectivity index (χ3v) is 4.02. The molecule has 3 nitrogen and oxygen atoms in total. The van der Waals surface area contributed by atoms with Gasteiger partial charge in [-0.15, -0.1) is 0 Å². The molecule has 0 fully saturated rings. The zero-order valence-corrected chi connectivity index (χ0v) is 10.7. The lowest BCUT2D eigenvalue weighted by atomic mass is 9.77. The lowest BCUT2D eigenvalue weighted by molar-refractivity contribution is -0.000173. The highest BCUT2D eigenvalue weighted by Gasteiger charge is 2.44. The first kappa shape index (κ1) is 11.5. The van der Waals surface area contributed by atoms with Gasteiger partial charge >= 0.3 is 0 Å². The van der Waals surface area contributed by atoms with Crippen LogP contribution in [-0.4, -0.2) is 18.7 Å². The maximum absolute atomic E-state index is 12.2. The first-order valence-corrected chi connectivity index (χ1v) is 6.35. The second-order valence-electron chi connectivity index (χ2n) is 5.04. The molecule has 1 unspecified atom stereocenters. The zero-order chi connectivity index (χ0) is 12.8. The molecule has 0 radical (unpaired) electrons. The molecule has 0 saturated heterocycles. The van der Waals surface area contributed by atoms with Crippen molar-refractivity contribution in [2.45, 2.75) is 31.9 Å². The van der Waals surface area contributed by atoms with Gasteiger partial charge in [-0.1, -0.05) is 23.8 Å². The molecule has 1 aliphatic carbocycles. The van der Waals surface area contributed by atoms with E-state index in [2.05, 4.69) is 12.2 Å². The minimum atomic E-state index is -0.617. The number of benzene rings is 1. The smallest absolute Gasteiger partial charge is 0.254 e. The molecule has 0 saturated carbocycles. The van der Waals surface area contributed by atoms with Crippen LogP contribution in [0.4, 0.5) is 0 Å². The Bertz CT molecular complexity index is 547. The molecule has 1 aliphatic heterocycles. The van der Waals surface area contributed by atoms with E-state index in [0.717, 1.165) is 36.0 Å². The predicted octanol–water partition coefficient (Wildman–Crippen LogP) is 2.73. The van der Waals surface area contributed by atoms with Crippen LogP contribution < -0.4 is 5.32 Å². The number of rotatable bonds is 1. The van der Waals surface area contributed by atoms with Gasteiger partial charge in [0.1, 0.15) is 0 Å². The lowest BCUT2D eigenvalue weighted by Gasteiger charge is -2.43. The van der Waals surface area contributed by atoms with E-state index in [9.17, 15) is 4.79 Å². The van der Waals surface area contributed by atoms with Gasteiger partial charge < -0.3 is 10.1 Å². The summed E-state index contributed by atoms with van der Waals surface area (Å²) in [7, 11) is 1.67. The summed E-state index contributed by atoms with van der Waals surface area (Å²) in [4.78, 5) is 12.2. The van der Waals surface area contributed by atoms with Crippen LogP contribution in [0.5, 0.6) is 0 Å². The van der Waals surface area contributed by atoms with Crippen molar-refractivity contribution >= 4 is 11.5 Å². The molecular weight excluding hydrogens is 226 g/mol. The molecule has 94 valence electrons. The Morgan fingerprint density at radius 2 is 2.00 bits per heavy atom. The lowest BCUT2D eigenvalue weighted by Crippen LogP contribution is -2.55. The Kier molecular flexibility index (Phi) is 2.52. The molecule has 1 aromatic carbocycles. The molecule has 2 aliphatic rings. The van der Waals surface area contributed by atoms with Crippen molar-refractivity contribution in [3.8, 4) is 0 Å². The monoisotopic (exact) mass is 243 g/mol. The Hall–Kier alpha value is -1.61. The second-order valence-corrected chi connectivity index (χ2v) is 5.04. The van der Waals surface area contributed by atoms with Gasteiger partial charge in [-0.25, -0.2) is 0 Å². The van der Waals surface area contributed by atoms with Crippen LogP contribution in [0, 0.1) is 0 Å². The van der Waals surface area contributed by atoms with Gasteiger partial charge in [-0.3, -0.25) is 4.79 Å². The third kappa shape index (κ3) is 1.44. The molecule has 0 bridgehead atoms. The number of carbonyl (C=O) groups excluding carboxylic acids is 1. The van der Waals surface area contributed by atoms with Crippen LogP contribution in [0.25, 0.3) is 5.57 Å². The maximum Gasteiger partial charge on any atom is 0.254 e. The van der Waals surface area contributed by atoms with Crippen LogP contribution in [0.15, 0.2) is 29.8 Å². The van der Waals surface area contributed by atoms with E-state index in [0.29, 0.717) is 0 Å². The van der Waals surface area contributed by atoms with Crippen LogP contribution >= 0.6 is 0 Å². The van der Waals surface area contributed by atoms with Crippen LogP contribution in [-0.2, 0) is 4.74 Å². The van der Waals surface area contributed by atoms with Crippen molar-refractivity contribution in [3.63, 3.8) is 0 Å². The van der Waals surface area contributed by atoms with Gasteiger partial charge in [-0.05, 0) is 31.4 Å². The van der Waals surface area contributed by atoms with Crippen molar-refractivity contribution in [3.05, 3.63) is 41.0 Å². The van der Waals surface area contributed by atoms with Crippen molar-refractivity contribution in [2.24, 2.45) is 0 Å². The molecule has 0 aromatic heterocycles. The van der Waals surface area contributed by atoms with E-state index < -0.39 is 5.72 Å². The molecule has 18 heavy (non-hydrogen) atoms. The summed E-state index contributed by atoms with van der Waals surface area (Å²) in [6.07, 6.45) is 2.96. The number of fused-ring (bicyclic) bond motifs is 3. The first-order valence-electron chi connectivity index (χ1n) is 6.35. The average Bonchev–Trinajstić information content (AvgIpc) is 2.39. The van der Waals surface area contributed by atoms with Crippen LogP contribution in [0.2, 0.25) is 0 Å². The zero-order valence-electron chi connectivity index (χ0n) is 10.7. The fraction of sp³-hybridized carbons (Fsp3) is 0.400. The van der Waals surface area contributed by atoms with Gasteiger partial charge in [0.15, 0.2) is 5.72 Å². The molecule has 1 N–H and O–H groups in total. The van der Waals surface area contributed by atoms with Crippen LogP contribution in [0.3, 0.4) is 0 Å². The van der Waals surface area contributed by atoms with E-state index in [1.165, 1.54) is 5.57 Å². The highest BCUT2D eigenvalue weighted by atomic mass is 16.5. The average molecular weight is 243 g/mol. The fourth-order valence-corrected chi connectivity index (χ4v) is 3.17. The predicted molar refractivity (Wildman–Crippen MR) is 70.1 cm³/mol. The van der Waals surface area contributed by atoms with Crippen molar-refractivity contribution in [1.82, 2.24) is 5.32 Å². The number of hydrogen-bond acceptors (Lipinski definition) is 2. The summed E-state index contributed by atoms with van der Waals surface area (Å²) in [5.41, 5.74) is 3.64. The Morgan fingerprint density at radius 3 is 2.72 bits per heavy atom. The normalized spacial score (nSPS) is 26.4. The van der Waals surface area contributed by atoms with E-state index in [4.69, 9.17) is 4.74 Å². The van der Waals surface area contributed by atoms with Crippen LogP contribution in [0.1, 0.15) is 42.1 Å². The molecule has 1 amide bonds. The highest BCUT2D eigenvalue weighted by molar-refractivity contribution is 6.05. The van der Waals surface area contributed by atoms with Gasteiger partial charge in [0.2, 0.25) is 0 Å². The minimum absolute atomic E-state index is 0.0362. The minimum Gasteiger partial charge on any atom is -0.355 e. The van der Waals surface area contributed by atoms with E-state index in [1.54, 1.807) is 7.11 Å². The topological polar surface area (TPSA) is 38.3 Å². The quantitative estimate of drug-likeness (QED) is 0.823. The van der Waals surface area contributed by atoms with E-state index >= 15 is 0 Å². The molecule has 3 rings (SSSR count). The summed E-state index contributed by atoms with van der Waals surface area (Å²) < 4.78 is 5.69. The second kappa shape index (κ2) is 3.95. The largest absolute Gasteiger partial charge is 0.355 e. The number of hydrogen-bond donors (Lipinski definition) is 1. The van der Waals surface area contributed by atoms with Gasteiger partial charge in [-0.2, -0.15) is 0 Å². The number of methoxy groups -OCH3 is 1. The summed E-state index contributed by atoms with van der Waals surface area (Å²) in [5, 5.41) is 3.05. The van der Waals surface area contributed by atoms with Gasteiger partial charge in [0.05, 0.1) is 0 Å². The summed E-state index contributed by atoms with van der Waals surface area (Å²) in [6, 6.07) is 7.77. The standard InChI is InChI=1S/C15H17NO2/c1-10-6-5-9-15(18-2)13(10)11-7-3-4-8-12(11)14(17)16-15/h3-4,7-8H,5-6,9H2,1-2H3,(H,16,17). The van der Waals surface area contributed by atoms with Gasteiger partial charge in [0.25, 0.3) is 5.91 Å². The SMILES string of the molecule is COC12CCCC(C)=C1c1ccccc1C(=O)N2. The van der Waals surface area contributed by atoms with E-state index in [-0.39, 0.29) is 5.91 Å². The highest BCUT2D eigenvalue weighted by Crippen LogP contribution is 2.44. The first-order chi connectivity index (χ1) is 8.68. The Balaban J connectivity index is 2.29. The molecule has 0 spiro atoms. The Morgan fingerprint density at radius 1 is 1.28 bits per heavy atom. The maximum atomic E-state index is 12.2. The molecule has 1 aromatic rings. The summed E-state index contributed by atoms with van der Waals surface area (Å²) in [6.45, 7) is 2.14. The van der Waals surface area contributed by atoms with E-state index in [1.807, 2.05) is 24.3 Å². The van der Waals surface area contributed by atoms with Crippen molar-refractivity contribution in [2.75, 3.05) is 7.11 Å². The fourth-order valence-electron chi connectivity index (χ4n) is 3.17. The molecule has 1 heterocycles. The Labute approximate surface area is 107 Å². The summed E-state index contributed by atoms with van der Waals surface area (Å²) >= 11 is 0. The number of allylic oxidation sites excluding steroid dienone is 1. The van der Waals surface area contributed by atoms with Gasteiger partial charge in [0, 0.05) is 24.7 Å². The molecule has 3 heteroatoms. The number of carbonyl (C=O) groups is 1. The summed E-state index contributed by atoms with van der Waals surface area (Å²) in [5.74, 6) is -0.0362. The number of amides is 1. The third-order valence-electron chi connectivity index (χ3n) is 4.02. The number of ether oxygens (including phenoxy) is 1. The molecule has 1 atom stereocenters. The molecular formula is C15H17NO2. The number of nitrogens with one attached hydrogen (secondary N) is 1. The van der Waals surface area contributed by atoms with Crippen molar-refractivity contribution in [1.29, 1.82) is 0 Å².